The molecule has 0 unspecified atom stereocenters. The Kier molecular flexibility index (Phi) is 3.09. The topological polar surface area (TPSA) is 0 Å². The number of hydrogen-bond acceptors (Lipinski definition) is 0. The molecule has 0 saturated carbocycles. The van der Waals surface area contributed by atoms with Crippen molar-refractivity contribution in [1.82, 2.24) is 0 Å². The molecule has 0 radical (unpaired) electrons. The first-order valence-electron chi connectivity index (χ1n) is 4.40. The van der Waals surface area contributed by atoms with Crippen LogP contribution in [0.4, 0.5) is 0 Å². The van der Waals surface area contributed by atoms with Gasteiger partial charge in [0.05, 0.1) is 0 Å². The summed E-state index contributed by atoms with van der Waals surface area (Å²) in [6.07, 6.45) is 5.34. The van der Waals surface area contributed by atoms with E-state index in [2.05, 4.69) is 51.1 Å². The summed E-state index contributed by atoms with van der Waals surface area (Å²) in [6.45, 7) is 6.35. The highest BCUT2D eigenvalue weighted by Crippen LogP contribution is 2.09. The van der Waals surface area contributed by atoms with E-state index in [-0.39, 0.29) is 0 Å². The molecule has 1 rings (SSSR count). The lowest BCUT2D eigenvalue weighted by molar-refractivity contribution is 1.22. The van der Waals surface area contributed by atoms with Crippen LogP contribution >= 0.6 is 0 Å². The average molecular weight is 160 g/mol. The van der Waals surface area contributed by atoms with Crippen molar-refractivity contribution in [3.8, 4) is 0 Å². The maximum atomic E-state index is 2.24. The van der Waals surface area contributed by atoms with Crippen molar-refractivity contribution in [3.63, 3.8) is 0 Å². The Morgan fingerprint density at radius 3 is 2.17 bits per heavy atom. The summed E-state index contributed by atoms with van der Waals surface area (Å²) in [5.74, 6) is 0. The molecule has 0 aliphatic heterocycles. The molecule has 0 nitrogen and oxygen atoms in total. The van der Waals surface area contributed by atoms with Crippen LogP contribution in [0.15, 0.2) is 30.4 Å². The van der Waals surface area contributed by atoms with Crippen LogP contribution in [0.2, 0.25) is 0 Å². The molecule has 12 heavy (non-hydrogen) atoms. The summed E-state index contributed by atoms with van der Waals surface area (Å²) in [5.41, 5.74) is 4.12. The lowest BCUT2D eigenvalue weighted by Crippen LogP contribution is -1.84. The van der Waals surface area contributed by atoms with Crippen molar-refractivity contribution in [1.29, 1.82) is 0 Å². The van der Waals surface area contributed by atoms with Crippen molar-refractivity contribution in [3.05, 3.63) is 47.0 Å². The molecule has 64 valence electrons. The third-order valence-corrected chi connectivity index (χ3v) is 1.87. The second-order valence-electron chi connectivity index (χ2n) is 3.27. The van der Waals surface area contributed by atoms with Gasteiger partial charge in [0.25, 0.3) is 0 Å². The standard InChI is InChI=1S/C12H16/c1-4-5-6-12-8-10(2)7-11(3)9-12/h4-5,7-9H,6H2,1-3H3. The van der Waals surface area contributed by atoms with Gasteiger partial charge in [0, 0.05) is 0 Å². The highest BCUT2D eigenvalue weighted by Gasteiger charge is 1.92. The zero-order chi connectivity index (χ0) is 8.97. The minimum Gasteiger partial charge on any atom is -0.0913 e. The number of aryl methyl sites for hydroxylation is 2. The molecule has 0 aromatic heterocycles. The summed E-state index contributed by atoms with van der Waals surface area (Å²) in [4.78, 5) is 0. The van der Waals surface area contributed by atoms with E-state index in [1.807, 2.05) is 0 Å². The first kappa shape index (κ1) is 9.05. The van der Waals surface area contributed by atoms with Crippen LogP contribution < -0.4 is 0 Å². The zero-order valence-corrected chi connectivity index (χ0v) is 8.09. The Balaban J connectivity index is 2.85. The molecule has 0 aliphatic carbocycles. The summed E-state index contributed by atoms with van der Waals surface area (Å²) >= 11 is 0. The quantitative estimate of drug-likeness (QED) is 0.581. The van der Waals surface area contributed by atoms with Crippen molar-refractivity contribution >= 4 is 0 Å². The van der Waals surface area contributed by atoms with Crippen molar-refractivity contribution in [2.75, 3.05) is 0 Å². The largest absolute Gasteiger partial charge is 0.0913 e. The van der Waals surface area contributed by atoms with Crippen LogP contribution in [0, 0.1) is 13.8 Å². The van der Waals surface area contributed by atoms with Gasteiger partial charge >= 0.3 is 0 Å². The van der Waals surface area contributed by atoms with Crippen LogP contribution in [-0.2, 0) is 6.42 Å². The normalized spacial score (nSPS) is 10.9. The van der Waals surface area contributed by atoms with Gasteiger partial charge in [-0.3, -0.25) is 0 Å². The minimum absolute atomic E-state index is 1.05. The maximum absolute atomic E-state index is 2.24. The molecule has 0 atom stereocenters. The third kappa shape index (κ3) is 2.54. The Morgan fingerprint density at radius 2 is 1.67 bits per heavy atom. The Morgan fingerprint density at radius 1 is 1.08 bits per heavy atom. The van der Waals surface area contributed by atoms with Gasteiger partial charge in [-0.25, -0.2) is 0 Å². The second-order valence-corrected chi connectivity index (χ2v) is 3.27. The minimum atomic E-state index is 1.05. The molecular formula is C12H16. The number of benzene rings is 1. The van der Waals surface area contributed by atoms with Gasteiger partial charge in [-0.2, -0.15) is 0 Å². The van der Waals surface area contributed by atoms with E-state index >= 15 is 0 Å². The third-order valence-electron chi connectivity index (χ3n) is 1.87. The monoisotopic (exact) mass is 160 g/mol. The smallest absolute Gasteiger partial charge is 0.00974 e. The van der Waals surface area contributed by atoms with Crippen LogP contribution in [0.25, 0.3) is 0 Å². The molecular weight excluding hydrogens is 144 g/mol. The first-order valence-corrected chi connectivity index (χ1v) is 4.40. The van der Waals surface area contributed by atoms with E-state index in [1.165, 1.54) is 16.7 Å². The Labute approximate surface area is 74.9 Å². The summed E-state index contributed by atoms with van der Waals surface area (Å²) < 4.78 is 0. The van der Waals surface area contributed by atoms with E-state index < -0.39 is 0 Å². The molecule has 0 saturated heterocycles. The van der Waals surface area contributed by atoms with Gasteiger partial charge in [-0.15, -0.1) is 0 Å². The molecule has 0 bridgehead atoms. The predicted octanol–water partition coefficient (Wildman–Crippen LogP) is 3.42. The van der Waals surface area contributed by atoms with Gasteiger partial charge < -0.3 is 0 Å². The fraction of sp³-hybridized carbons (Fsp3) is 0.333. The SMILES string of the molecule is CC=CCc1cc(C)cc(C)c1. The number of allylic oxidation sites excluding steroid dienone is 2. The fourth-order valence-corrected chi connectivity index (χ4v) is 1.44. The van der Waals surface area contributed by atoms with Crippen LogP contribution in [-0.4, -0.2) is 0 Å². The van der Waals surface area contributed by atoms with Gasteiger partial charge in [-0.1, -0.05) is 41.5 Å². The van der Waals surface area contributed by atoms with Gasteiger partial charge in [0.2, 0.25) is 0 Å². The second kappa shape index (κ2) is 4.10. The molecule has 0 heteroatoms. The predicted molar refractivity (Wildman–Crippen MR) is 54.4 cm³/mol. The molecule has 0 N–H and O–H groups in total. The average Bonchev–Trinajstić information content (AvgIpc) is 1.99. The molecule has 0 amide bonds. The van der Waals surface area contributed by atoms with E-state index in [0.717, 1.165) is 6.42 Å². The lowest BCUT2D eigenvalue weighted by atomic mass is 10.1. The molecule has 0 heterocycles. The first-order chi connectivity index (χ1) is 5.72. The molecule has 1 aromatic carbocycles. The van der Waals surface area contributed by atoms with Crippen molar-refractivity contribution in [2.45, 2.75) is 27.2 Å². The van der Waals surface area contributed by atoms with E-state index in [9.17, 15) is 0 Å². The molecule has 0 fully saturated rings. The van der Waals surface area contributed by atoms with Gasteiger partial charge in [-0.05, 0) is 32.8 Å². The molecule has 1 aromatic rings. The molecule has 0 aliphatic rings. The van der Waals surface area contributed by atoms with Crippen LogP contribution in [0.3, 0.4) is 0 Å². The zero-order valence-electron chi connectivity index (χ0n) is 8.09. The summed E-state index contributed by atoms with van der Waals surface area (Å²) in [7, 11) is 0. The lowest BCUT2D eigenvalue weighted by Gasteiger charge is -2.01. The Bertz CT molecular complexity index is 262. The summed E-state index contributed by atoms with van der Waals surface area (Å²) in [5, 5.41) is 0. The van der Waals surface area contributed by atoms with Crippen LogP contribution in [0.1, 0.15) is 23.6 Å². The number of hydrogen-bond donors (Lipinski definition) is 0. The van der Waals surface area contributed by atoms with Crippen LogP contribution in [0.5, 0.6) is 0 Å². The van der Waals surface area contributed by atoms with E-state index in [4.69, 9.17) is 0 Å². The van der Waals surface area contributed by atoms with Crippen molar-refractivity contribution in [2.24, 2.45) is 0 Å². The van der Waals surface area contributed by atoms with Gasteiger partial charge in [0.1, 0.15) is 0 Å². The number of rotatable bonds is 2. The maximum Gasteiger partial charge on any atom is -0.00974 e. The van der Waals surface area contributed by atoms with Crippen molar-refractivity contribution < 1.29 is 0 Å². The fourth-order valence-electron chi connectivity index (χ4n) is 1.44. The van der Waals surface area contributed by atoms with E-state index in [0.29, 0.717) is 0 Å². The molecule has 0 spiro atoms. The highest BCUT2D eigenvalue weighted by molar-refractivity contribution is 5.29. The summed E-state index contributed by atoms with van der Waals surface area (Å²) in [6, 6.07) is 6.69. The Hall–Kier alpha value is -1.04. The highest BCUT2D eigenvalue weighted by atomic mass is 14.0. The van der Waals surface area contributed by atoms with E-state index in [1.54, 1.807) is 0 Å². The van der Waals surface area contributed by atoms with Gasteiger partial charge in [0.15, 0.2) is 0 Å².